The number of halogens is 2. The van der Waals surface area contributed by atoms with Crippen molar-refractivity contribution in [3.8, 4) is 0 Å². The lowest BCUT2D eigenvalue weighted by Gasteiger charge is -2.22. The zero-order valence-corrected chi connectivity index (χ0v) is 8.64. The third-order valence-electron chi connectivity index (χ3n) is 2.73. The average Bonchev–Trinajstić information content (AvgIpc) is 2.27. The number of aliphatic hydroxyl groups excluding tert-OH is 1. The molecule has 3 nitrogen and oxygen atoms in total. The quantitative estimate of drug-likeness (QED) is 0.752. The van der Waals surface area contributed by atoms with Crippen molar-refractivity contribution in [3.05, 3.63) is 0 Å². The number of alkyl halides is 2. The first-order chi connectivity index (χ1) is 7.05. The van der Waals surface area contributed by atoms with Gasteiger partial charge in [0.1, 0.15) is 6.61 Å². The van der Waals surface area contributed by atoms with E-state index in [1.807, 2.05) is 0 Å². The van der Waals surface area contributed by atoms with Crippen LogP contribution in [0.1, 0.15) is 32.1 Å². The number of carbonyl (C=O) groups is 1. The van der Waals surface area contributed by atoms with Gasteiger partial charge in [-0.1, -0.05) is 19.3 Å². The van der Waals surface area contributed by atoms with Gasteiger partial charge in [-0.15, -0.1) is 0 Å². The highest BCUT2D eigenvalue weighted by molar-refractivity contribution is 5.78. The minimum absolute atomic E-state index is 0.117. The van der Waals surface area contributed by atoms with Crippen LogP contribution in [0, 0.1) is 5.92 Å². The summed E-state index contributed by atoms with van der Waals surface area (Å²) in [5.74, 6) is -3.62. The van der Waals surface area contributed by atoms with Gasteiger partial charge in [0.05, 0.1) is 6.54 Å². The molecule has 5 heteroatoms. The fraction of sp³-hybridized carbons (Fsp3) is 0.900. The van der Waals surface area contributed by atoms with Crippen LogP contribution >= 0.6 is 0 Å². The molecular weight excluding hydrogens is 204 g/mol. The van der Waals surface area contributed by atoms with E-state index in [4.69, 9.17) is 5.11 Å². The third-order valence-corrected chi connectivity index (χ3v) is 2.73. The molecule has 0 aliphatic heterocycles. The second-order valence-corrected chi connectivity index (χ2v) is 4.07. The number of hydrogen-bond acceptors (Lipinski definition) is 2. The first-order valence-corrected chi connectivity index (χ1v) is 5.31. The molecule has 0 atom stereocenters. The van der Waals surface area contributed by atoms with Crippen molar-refractivity contribution in [2.24, 2.45) is 5.92 Å². The molecular formula is C10H17F2NO2. The van der Waals surface area contributed by atoms with Crippen LogP contribution < -0.4 is 5.32 Å². The minimum Gasteiger partial charge on any atom is -0.390 e. The topological polar surface area (TPSA) is 49.3 Å². The fourth-order valence-corrected chi connectivity index (χ4v) is 1.78. The molecule has 0 spiro atoms. The van der Waals surface area contributed by atoms with Gasteiger partial charge in [0.2, 0.25) is 5.91 Å². The summed E-state index contributed by atoms with van der Waals surface area (Å²) in [6, 6.07) is 0. The van der Waals surface area contributed by atoms with Gasteiger partial charge in [-0.25, -0.2) is 8.78 Å². The third kappa shape index (κ3) is 4.11. The van der Waals surface area contributed by atoms with E-state index in [0.717, 1.165) is 32.1 Å². The van der Waals surface area contributed by atoms with Gasteiger partial charge < -0.3 is 10.4 Å². The van der Waals surface area contributed by atoms with Crippen molar-refractivity contribution in [2.45, 2.75) is 38.0 Å². The molecule has 0 unspecified atom stereocenters. The molecule has 0 heterocycles. The summed E-state index contributed by atoms with van der Waals surface area (Å²) in [6.07, 6.45) is 4.69. The van der Waals surface area contributed by atoms with Crippen LogP contribution in [-0.4, -0.2) is 30.1 Å². The monoisotopic (exact) mass is 221 g/mol. The van der Waals surface area contributed by atoms with Gasteiger partial charge in [0.25, 0.3) is 5.92 Å². The van der Waals surface area contributed by atoms with Crippen molar-refractivity contribution in [2.75, 3.05) is 13.2 Å². The molecule has 1 rings (SSSR count). The van der Waals surface area contributed by atoms with Crippen LogP contribution in [0.4, 0.5) is 8.78 Å². The molecule has 1 aliphatic rings. The van der Waals surface area contributed by atoms with Gasteiger partial charge in [0, 0.05) is 5.92 Å². The Balaban J connectivity index is 2.28. The van der Waals surface area contributed by atoms with E-state index >= 15 is 0 Å². The summed E-state index contributed by atoms with van der Waals surface area (Å²) < 4.78 is 25.2. The summed E-state index contributed by atoms with van der Waals surface area (Å²) >= 11 is 0. The van der Waals surface area contributed by atoms with Gasteiger partial charge >= 0.3 is 0 Å². The predicted molar refractivity (Wildman–Crippen MR) is 51.6 cm³/mol. The molecule has 1 saturated carbocycles. The van der Waals surface area contributed by atoms with E-state index < -0.39 is 19.1 Å². The summed E-state index contributed by atoms with van der Waals surface area (Å²) in [6.45, 7) is -1.99. The number of carbonyl (C=O) groups excluding carboxylic acids is 1. The molecule has 0 saturated heterocycles. The van der Waals surface area contributed by atoms with E-state index in [1.165, 1.54) is 0 Å². The van der Waals surface area contributed by atoms with Crippen LogP contribution in [0.15, 0.2) is 0 Å². The molecule has 1 fully saturated rings. The Morgan fingerprint density at radius 2 is 1.93 bits per heavy atom. The second-order valence-electron chi connectivity index (χ2n) is 4.07. The lowest BCUT2D eigenvalue weighted by Crippen LogP contribution is -2.41. The van der Waals surface area contributed by atoms with E-state index in [2.05, 4.69) is 5.32 Å². The lowest BCUT2D eigenvalue weighted by molar-refractivity contribution is -0.128. The normalized spacial score (nSPS) is 18.9. The molecule has 0 aromatic carbocycles. The number of amides is 1. The van der Waals surface area contributed by atoms with Crippen LogP contribution in [0.3, 0.4) is 0 Å². The molecule has 1 aliphatic carbocycles. The highest BCUT2D eigenvalue weighted by Gasteiger charge is 2.30. The van der Waals surface area contributed by atoms with Crippen molar-refractivity contribution < 1.29 is 18.7 Å². The number of hydrogen-bond donors (Lipinski definition) is 2. The number of rotatable bonds is 4. The van der Waals surface area contributed by atoms with Crippen molar-refractivity contribution in [1.29, 1.82) is 0 Å². The first-order valence-electron chi connectivity index (χ1n) is 5.31. The zero-order valence-electron chi connectivity index (χ0n) is 8.64. The van der Waals surface area contributed by atoms with Crippen molar-refractivity contribution >= 4 is 5.91 Å². The Morgan fingerprint density at radius 3 is 2.47 bits per heavy atom. The SMILES string of the molecule is O=C(NCC(F)(F)CO)C1CCCCC1. The van der Waals surface area contributed by atoms with E-state index in [9.17, 15) is 13.6 Å². The summed E-state index contributed by atoms with van der Waals surface area (Å²) in [7, 11) is 0. The number of aliphatic hydroxyl groups is 1. The molecule has 0 aromatic rings. The Kier molecular flexibility index (Phi) is 4.45. The summed E-state index contributed by atoms with van der Waals surface area (Å²) in [5.41, 5.74) is 0. The molecule has 0 radical (unpaired) electrons. The van der Waals surface area contributed by atoms with Gasteiger partial charge in [-0.2, -0.15) is 0 Å². The molecule has 88 valence electrons. The summed E-state index contributed by atoms with van der Waals surface area (Å²) in [5, 5.41) is 10.5. The Hall–Kier alpha value is -0.710. The Bertz CT molecular complexity index is 215. The van der Waals surface area contributed by atoms with Gasteiger partial charge in [-0.3, -0.25) is 4.79 Å². The second kappa shape index (κ2) is 5.39. The minimum atomic E-state index is -3.20. The van der Waals surface area contributed by atoms with Crippen LogP contribution in [0.5, 0.6) is 0 Å². The largest absolute Gasteiger partial charge is 0.390 e. The van der Waals surface area contributed by atoms with Crippen LogP contribution in [0.2, 0.25) is 0 Å². The smallest absolute Gasteiger partial charge is 0.287 e. The van der Waals surface area contributed by atoms with Gasteiger partial charge in [0.15, 0.2) is 0 Å². The fourth-order valence-electron chi connectivity index (χ4n) is 1.78. The van der Waals surface area contributed by atoms with Gasteiger partial charge in [-0.05, 0) is 12.8 Å². The maximum Gasteiger partial charge on any atom is 0.287 e. The highest BCUT2D eigenvalue weighted by Crippen LogP contribution is 2.23. The Labute approximate surface area is 87.9 Å². The zero-order chi connectivity index (χ0) is 11.3. The average molecular weight is 221 g/mol. The number of nitrogens with one attached hydrogen (secondary N) is 1. The molecule has 0 aromatic heterocycles. The lowest BCUT2D eigenvalue weighted by atomic mass is 9.88. The van der Waals surface area contributed by atoms with E-state index in [1.54, 1.807) is 0 Å². The van der Waals surface area contributed by atoms with Crippen molar-refractivity contribution in [1.82, 2.24) is 5.32 Å². The van der Waals surface area contributed by atoms with E-state index in [-0.39, 0.29) is 11.8 Å². The highest BCUT2D eigenvalue weighted by atomic mass is 19.3. The van der Waals surface area contributed by atoms with Crippen LogP contribution in [0.25, 0.3) is 0 Å². The molecule has 0 bridgehead atoms. The van der Waals surface area contributed by atoms with E-state index in [0.29, 0.717) is 0 Å². The maximum atomic E-state index is 12.6. The standard InChI is InChI=1S/C10H17F2NO2/c11-10(12,7-14)6-13-9(15)8-4-2-1-3-5-8/h8,14H,1-7H2,(H,13,15). The maximum absolute atomic E-state index is 12.6. The molecule has 15 heavy (non-hydrogen) atoms. The summed E-state index contributed by atoms with van der Waals surface area (Å²) in [4.78, 5) is 11.4. The molecule has 2 N–H and O–H groups in total. The first kappa shape index (κ1) is 12.4. The van der Waals surface area contributed by atoms with Crippen molar-refractivity contribution in [3.63, 3.8) is 0 Å². The predicted octanol–water partition coefficient (Wildman–Crippen LogP) is 1.31. The Morgan fingerprint density at radius 1 is 1.33 bits per heavy atom. The van der Waals surface area contributed by atoms with Crippen LogP contribution in [-0.2, 0) is 4.79 Å². The molecule has 1 amide bonds.